The summed E-state index contributed by atoms with van der Waals surface area (Å²) in [5.74, 6) is 0. The summed E-state index contributed by atoms with van der Waals surface area (Å²) in [5, 5.41) is 2.32. The van der Waals surface area contributed by atoms with Crippen LogP contribution in [0.4, 0.5) is 26.3 Å². The summed E-state index contributed by atoms with van der Waals surface area (Å²) in [6, 6.07) is 0. The maximum Gasteiger partial charge on any atom is 0.512 e. The fourth-order valence-corrected chi connectivity index (χ4v) is 6.98. The SMILES string of the molecule is CCC(C)(N[P+](C)(C)C)N(S(=O)(=O)C(F)(F)F)S(=O)(=O)C(F)(F)F. The van der Waals surface area contributed by atoms with Gasteiger partial charge in [-0.15, -0.1) is 0 Å². The molecule has 1 unspecified atom stereocenters. The molecule has 0 bridgehead atoms. The minimum absolute atomic E-state index is 0.658. The van der Waals surface area contributed by atoms with Crippen LogP contribution in [0.2, 0.25) is 0 Å². The van der Waals surface area contributed by atoms with Gasteiger partial charge >= 0.3 is 31.1 Å². The van der Waals surface area contributed by atoms with E-state index in [1.807, 2.05) is 0 Å². The molecule has 24 heavy (non-hydrogen) atoms. The van der Waals surface area contributed by atoms with Gasteiger partial charge < -0.3 is 0 Å². The van der Waals surface area contributed by atoms with E-state index >= 15 is 0 Å². The van der Waals surface area contributed by atoms with Crippen molar-refractivity contribution in [1.82, 2.24) is 8.80 Å². The maximum atomic E-state index is 12.8. The first-order valence-electron chi connectivity index (χ1n) is 6.17. The first kappa shape index (κ1) is 23.8. The molecule has 0 aromatic rings. The lowest BCUT2D eigenvalue weighted by Crippen LogP contribution is -2.64. The van der Waals surface area contributed by atoms with E-state index in [0.29, 0.717) is 6.92 Å². The molecule has 146 valence electrons. The lowest BCUT2D eigenvalue weighted by molar-refractivity contribution is -0.0571. The van der Waals surface area contributed by atoms with E-state index in [1.54, 1.807) is 0 Å². The molecule has 6 nitrogen and oxygen atoms in total. The highest BCUT2D eigenvalue weighted by Crippen LogP contribution is 2.48. The Morgan fingerprint density at radius 1 is 0.875 bits per heavy atom. The van der Waals surface area contributed by atoms with Gasteiger partial charge in [-0.2, -0.15) is 31.4 Å². The second kappa shape index (κ2) is 6.53. The zero-order valence-corrected chi connectivity index (χ0v) is 15.8. The Hall–Kier alpha value is -0.170. The maximum absolute atomic E-state index is 12.8. The average Bonchev–Trinajstić information content (AvgIpc) is 2.22. The minimum Gasteiger partial charge on any atom is -0.202 e. The van der Waals surface area contributed by atoms with Crippen molar-refractivity contribution in [3.63, 3.8) is 0 Å². The van der Waals surface area contributed by atoms with Crippen molar-refractivity contribution in [2.45, 2.75) is 36.9 Å². The number of sulfonamides is 2. The molecule has 0 aliphatic heterocycles. The largest absolute Gasteiger partial charge is 0.512 e. The molecule has 0 aromatic carbocycles. The van der Waals surface area contributed by atoms with Gasteiger partial charge in [0.25, 0.3) is 0 Å². The molecule has 0 rings (SSSR count). The summed E-state index contributed by atoms with van der Waals surface area (Å²) in [6.45, 7) is 6.01. The summed E-state index contributed by atoms with van der Waals surface area (Å²) < 4.78 is 122. The Morgan fingerprint density at radius 2 is 1.17 bits per heavy atom. The number of nitrogens with one attached hydrogen (secondary N) is 1. The molecule has 0 aliphatic carbocycles. The van der Waals surface area contributed by atoms with Crippen LogP contribution in [0.1, 0.15) is 20.3 Å². The van der Waals surface area contributed by atoms with Crippen molar-refractivity contribution in [2.24, 2.45) is 0 Å². The number of rotatable bonds is 6. The molecular weight excluding hydrogens is 409 g/mol. The molecule has 0 fully saturated rings. The first-order chi connectivity index (χ1) is 10.1. The molecule has 0 heterocycles. The third kappa shape index (κ3) is 4.71. The monoisotopic (exact) mass is 427 g/mol. The minimum atomic E-state index is -6.84. The molecule has 1 N–H and O–H groups in total. The lowest BCUT2D eigenvalue weighted by atomic mass is 10.2. The molecular formula is C9H18F6N2O4PS2+. The van der Waals surface area contributed by atoms with Gasteiger partial charge in [0.2, 0.25) is 0 Å². The Balaban J connectivity index is 6.82. The van der Waals surface area contributed by atoms with Crippen LogP contribution in [0.25, 0.3) is 0 Å². The van der Waals surface area contributed by atoms with Gasteiger partial charge in [-0.25, -0.2) is 16.8 Å². The number of hydrogen-bond acceptors (Lipinski definition) is 5. The topological polar surface area (TPSA) is 83.6 Å². The Labute approximate surface area is 137 Å². The molecule has 0 radical (unpaired) electrons. The fourth-order valence-electron chi connectivity index (χ4n) is 1.82. The van der Waals surface area contributed by atoms with E-state index in [0.717, 1.165) is 6.92 Å². The van der Waals surface area contributed by atoms with E-state index in [2.05, 4.69) is 5.09 Å². The lowest BCUT2D eigenvalue weighted by Gasteiger charge is -2.40. The Bertz CT molecular complexity index is 624. The van der Waals surface area contributed by atoms with Crippen LogP contribution >= 0.6 is 7.41 Å². The van der Waals surface area contributed by atoms with Crippen LogP contribution in [0.3, 0.4) is 0 Å². The molecule has 0 aliphatic rings. The Morgan fingerprint density at radius 3 is 1.33 bits per heavy atom. The van der Waals surface area contributed by atoms with Crippen molar-refractivity contribution < 1.29 is 43.2 Å². The first-order valence-corrected chi connectivity index (χ1v) is 12.2. The van der Waals surface area contributed by atoms with Crippen LogP contribution in [0.5, 0.6) is 0 Å². The number of hydrogen-bond donors (Lipinski definition) is 1. The van der Waals surface area contributed by atoms with Crippen molar-refractivity contribution in [3.05, 3.63) is 0 Å². The van der Waals surface area contributed by atoms with Crippen LogP contribution < -0.4 is 5.09 Å². The van der Waals surface area contributed by atoms with Crippen LogP contribution in [0, 0.1) is 0 Å². The van der Waals surface area contributed by atoms with Gasteiger partial charge in [0.1, 0.15) is 5.66 Å². The van der Waals surface area contributed by atoms with E-state index < -0.39 is 54.3 Å². The van der Waals surface area contributed by atoms with Crippen molar-refractivity contribution >= 4 is 27.5 Å². The summed E-state index contributed by atoms with van der Waals surface area (Å²) in [6.07, 6.45) is -0.672. The van der Waals surface area contributed by atoms with E-state index in [4.69, 9.17) is 0 Å². The molecule has 0 spiro atoms. The predicted molar refractivity (Wildman–Crippen MR) is 78.3 cm³/mol. The number of nitrogens with zero attached hydrogens (tertiary/aromatic N) is 1. The fraction of sp³-hybridized carbons (Fsp3) is 1.00. The van der Waals surface area contributed by atoms with Crippen molar-refractivity contribution in [2.75, 3.05) is 20.0 Å². The zero-order chi connectivity index (χ0) is 20.0. The molecule has 0 saturated heterocycles. The second-order valence-corrected chi connectivity index (χ2v) is 13.9. The standard InChI is InChI=1S/C9H18F6N2O4PS2/c1-6-7(2,16-22(3,4)5)17(23(18,19)8(10,11)12)24(20,21)9(13,14)15/h16H,6H2,1-5H3/q+1. The van der Waals surface area contributed by atoms with Gasteiger partial charge in [-0.1, -0.05) is 10.6 Å². The molecule has 15 heteroatoms. The highest BCUT2D eigenvalue weighted by atomic mass is 32.3. The third-order valence-corrected chi connectivity index (χ3v) is 7.87. The smallest absolute Gasteiger partial charge is 0.202 e. The normalized spacial score (nSPS) is 17.8. The van der Waals surface area contributed by atoms with Gasteiger partial charge in [0.05, 0.1) is 27.4 Å². The molecule has 0 aromatic heterocycles. The van der Waals surface area contributed by atoms with Crippen LogP contribution in [0.15, 0.2) is 0 Å². The summed E-state index contributed by atoms with van der Waals surface area (Å²) in [5.41, 5.74) is -15.1. The highest BCUT2D eigenvalue weighted by molar-refractivity contribution is 8.04. The summed E-state index contributed by atoms with van der Waals surface area (Å²) in [4.78, 5) is 0. The second-order valence-electron chi connectivity index (χ2n) is 5.85. The quantitative estimate of drug-likeness (QED) is 0.400. The third-order valence-electron chi connectivity index (χ3n) is 2.69. The van der Waals surface area contributed by atoms with Crippen molar-refractivity contribution in [1.29, 1.82) is 0 Å². The number of alkyl halides is 6. The zero-order valence-electron chi connectivity index (χ0n) is 13.3. The summed E-state index contributed by atoms with van der Waals surface area (Å²) >= 11 is 0. The molecule has 1 atom stereocenters. The number of halogens is 6. The van der Waals surface area contributed by atoms with Crippen molar-refractivity contribution in [3.8, 4) is 0 Å². The van der Waals surface area contributed by atoms with Gasteiger partial charge in [0, 0.05) is 0 Å². The van der Waals surface area contributed by atoms with E-state index in [-0.39, 0.29) is 0 Å². The average molecular weight is 427 g/mol. The van der Waals surface area contributed by atoms with E-state index in [1.165, 1.54) is 20.0 Å². The Kier molecular flexibility index (Phi) is 6.48. The summed E-state index contributed by atoms with van der Waals surface area (Å²) in [7, 11) is -16.1. The van der Waals surface area contributed by atoms with E-state index in [9.17, 15) is 43.2 Å². The van der Waals surface area contributed by atoms with Gasteiger partial charge in [0.15, 0.2) is 0 Å². The predicted octanol–water partition coefficient (Wildman–Crippen LogP) is 2.53. The van der Waals surface area contributed by atoms with Gasteiger partial charge in [-0.3, -0.25) is 0 Å². The molecule has 0 saturated carbocycles. The highest BCUT2D eigenvalue weighted by Gasteiger charge is 2.67. The van der Waals surface area contributed by atoms with Crippen LogP contribution in [-0.4, -0.2) is 57.2 Å². The molecule has 0 amide bonds. The van der Waals surface area contributed by atoms with Gasteiger partial charge in [-0.05, 0) is 13.3 Å². The van der Waals surface area contributed by atoms with Crippen LogP contribution in [-0.2, 0) is 20.0 Å².